The molecule has 0 radical (unpaired) electrons. The van der Waals surface area contributed by atoms with Gasteiger partial charge < -0.3 is 5.32 Å². The highest BCUT2D eigenvalue weighted by atomic mass is 32.2. The zero-order chi connectivity index (χ0) is 18.0. The summed E-state index contributed by atoms with van der Waals surface area (Å²) in [4.78, 5) is 8.98. The highest BCUT2D eigenvalue weighted by molar-refractivity contribution is 7.89. The van der Waals surface area contributed by atoms with Gasteiger partial charge in [-0.15, -0.1) is 0 Å². The lowest BCUT2D eigenvalue weighted by molar-refractivity contribution is 0.588. The van der Waals surface area contributed by atoms with Crippen molar-refractivity contribution in [3.63, 3.8) is 0 Å². The summed E-state index contributed by atoms with van der Waals surface area (Å²) in [6, 6.07) is 6.64. The van der Waals surface area contributed by atoms with Gasteiger partial charge in [-0.25, -0.2) is 23.1 Å². The van der Waals surface area contributed by atoms with Gasteiger partial charge in [0, 0.05) is 25.0 Å². The second-order valence-electron chi connectivity index (χ2n) is 5.49. The van der Waals surface area contributed by atoms with Crippen molar-refractivity contribution in [2.45, 2.75) is 11.8 Å². The highest BCUT2D eigenvalue weighted by Crippen LogP contribution is 2.25. The molecule has 2 aromatic heterocycles. The Balaban J connectivity index is 2.00. The summed E-state index contributed by atoms with van der Waals surface area (Å²) in [5.74, 6) is 0.412. The minimum absolute atomic E-state index is 0.187. The predicted molar refractivity (Wildman–Crippen MR) is 94.9 cm³/mol. The molecule has 0 saturated heterocycles. The molecule has 8 nitrogen and oxygen atoms in total. The van der Waals surface area contributed by atoms with Gasteiger partial charge in [0.1, 0.15) is 0 Å². The zero-order valence-corrected chi connectivity index (χ0v) is 14.9. The first kappa shape index (κ1) is 17.1. The molecule has 0 aliphatic rings. The standard InChI is InChI=1S/C16H18N6O2S/c1-11-8-18-16(20-13-9-19-22(3)10-13)21-15(11)12-5-4-6-14(7-12)25(23,24)17-2/h4-10,17H,1-3H3,(H,18,20,21). The van der Waals surface area contributed by atoms with E-state index < -0.39 is 10.0 Å². The largest absolute Gasteiger partial charge is 0.321 e. The summed E-state index contributed by atoms with van der Waals surface area (Å²) in [7, 11) is -0.315. The quantitative estimate of drug-likeness (QED) is 0.721. The molecule has 3 aromatic rings. The number of aryl methyl sites for hydroxylation is 2. The number of hydrogen-bond donors (Lipinski definition) is 2. The molecule has 0 aliphatic heterocycles. The van der Waals surface area contributed by atoms with Crippen LogP contribution in [0.15, 0.2) is 47.8 Å². The second-order valence-corrected chi connectivity index (χ2v) is 7.37. The molecular weight excluding hydrogens is 340 g/mol. The molecule has 2 heterocycles. The molecule has 2 N–H and O–H groups in total. The Kier molecular flexibility index (Phi) is 4.51. The molecule has 0 saturated carbocycles. The third-order valence-electron chi connectivity index (χ3n) is 3.62. The van der Waals surface area contributed by atoms with Crippen LogP contribution in [0.1, 0.15) is 5.56 Å². The van der Waals surface area contributed by atoms with Gasteiger partial charge >= 0.3 is 0 Å². The van der Waals surface area contributed by atoms with Crippen LogP contribution >= 0.6 is 0 Å². The monoisotopic (exact) mass is 358 g/mol. The fourth-order valence-electron chi connectivity index (χ4n) is 2.34. The zero-order valence-electron chi connectivity index (χ0n) is 14.1. The first-order valence-electron chi connectivity index (χ1n) is 7.52. The third-order valence-corrected chi connectivity index (χ3v) is 5.03. The minimum atomic E-state index is -3.52. The van der Waals surface area contributed by atoms with Gasteiger partial charge in [0.25, 0.3) is 0 Å². The summed E-state index contributed by atoms with van der Waals surface area (Å²) >= 11 is 0. The predicted octanol–water partition coefficient (Wildman–Crippen LogP) is 1.84. The maximum Gasteiger partial charge on any atom is 0.240 e. The molecule has 1 aromatic carbocycles. The average Bonchev–Trinajstić information content (AvgIpc) is 3.01. The Labute approximate surface area is 146 Å². The molecular formula is C16H18N6O2S. The molecule has 0 aliphatic carbocycles. The number of sulfonamides is 1. The average molecular weight is 358 g/mol. The number of benzene rings is 1. The fourth-order valence-corrected chi connectivity index (χ4v) is 3.11. The van der Waals surface area contributed by atoms with Crippen LogP contribution in [-0.4, -0.2) is 35.2 Å². The second kappa shape index (κ2) is 6.61. The molecule has 0 bridgehead atoms. The van der Waals surface area contributed by atoms with Crippen molar-refractivity contribution in [3.8, 4) is 11.3 Å². The summed E-state index contributed by atoms with van der Waals surface area (Å²) in [6.07, 6.45) is 5.17. The molecule has 0 unspecified atom stereocenters. The fraction of sp³-hybridized carbons (Fsp3) is 0.188. The first-order chi connectivity index (χ1) is 11.9. The van der Waals surface area contributed by atoms with Crippen LogP contribution in [0.3, 0.4) is 0 Å². The van der Waals surface area contributed by atoms with Gasteiger partial charge in [0.2, 0.25) is 16.0 Å². The molecule has 0 atom stereocenters. The Bertz CT molecular complexity index is 1010. The van der Waals surface area contributed by atoms with Gasteiger partial charge in [0.05, 0.1) is 22.5 Å². The van der Waals surface area contributed by atoms with E-state index in [1.54, 1.807) is 35.3 Å². The number of nitrogens with zero attached hydrogens (tertiary/aromatic N) is 4. The third kappa shape index (κ3) is 3.67. The summed E-state index contributed by atoms with van der Waals surface area (Å²) < 4.78 is 28.0. The van der Waals surface area contributed by atoms with Crippen LogP contribution in [0, 0.1) is 6.92 Å². The molecule has 9 heteroatoms. The Hall–Kier alpha value is -2.78. The molecule has 0 fully saturated rings. The molecule has 0 amide bonds. The lowest BCUT2D eigenvalue weighted by atomic mass is 10.1. The van der Waals surface area contributed by atoms with E-state index in [0.717, 1.165) is 11.3 Å². The van der Waals surface area contributed by atoms with Crippen LogP contribution in [0.5, 0.6) is 0 Å². The number of rotatable bonds is 5. The number of aromatic nitrogens is 4. The summed E-state index contributed by atoms with van der Waals surface area (Å²) in [5, 5.41) is 7.17. The maximum absolute atomic E-state index is 12.0. The topological polar surface area (TPSA) is 102 Å². The lowest BCUT2D eigenvalue weighted by Crippen LogP contribution is -2.18. The Morgan fingerprint density at radius 1 is 1.20 bits per heavy atom. The molecule has 130 valence electrons. The van der Waals surface area contributed by atoms with Crippen molar-refractivity contribution in [2.24, 2.45) is 7.05 Å². The van der Waals surface area contributed by atoms with Crippen molar-refractivity contribution in [1.82, 2.24) is 24.5 Å². The Morgan fingerprint density at radius 2 is 2.00 bits per heavy atom. The van der Waals surface area contributed by atoms with E-state index in [9.17, 15) is 8.42 Å². The van der Waals surface area contributed by atoms with Gasteiger partial charge in [0.15, 0.2) is 0 Å². The normalized spacial score (nSPS) is 11.5. The molecule has 3 rings (SSSR count). The maximum atomic E-state index is 12.0. The SMILES string of the molecule is CNS(=O)(=O)c1cccc(-c2nc(Nc3cnn(C)c3)ncc2C)c1. The van der Waals surface area contributed by atoms with Crippen LogP contribution in [0.25, 0.3) is 11.3 Å². The summed E-state index contributed by atoms with van der Waals surface area (Å²) in [6.45, 7) is 1.88. The van der Waals surface area contributed by atoms with E-state index in [0.29, 0.717) is 17.2 Å². The van der Waals surface area contributed by atoms with Gasteiger partial charge in [-0.2, -0.15) is 5.10 Å². The van der Waals surface area contributed by atoms with Gasteiger partial charge in [-0.1, -0.05) is 12.1 Å². The van der Waals surface area contributed by atoms with Crippen LogP contribution in [0.2, 0.25) is 0 Å². The van der Waals surface area contributed by atoms with Crippen molar-refractivity contribution in [3.05, 3.63) is 48.4 Å². The van der Waals surface area contributed by atoms with E-state index in [2.05, 4.69) is 25.1 Å². The summed E-state index contributed by atoms with van der Waals surface area (Å²) in [5.41, 5.74) is 2.97. The van der Waals surface area contributed by atoms with Crippen molar-refractivity contribution in [1.29, 1.82) is 0 Å². The van der Waals surface area contributed by atoms with E-state index >= 15 is 0 Å². The van der Waals surface area contributed by atoms with Crippen LogP contribution in [-0.2, 0) is 17.1 Å². The van der Waals surface area contributed by atoms with E-state index in [1.165, 1.54) is 7.05 Å². The number of hydrogen-bond acceptors (Lipinski definition) is 6. The molecule has 25 heavy (non-hydrogen) atoms. The van der Waals surface area contributed by atoms with Crippen molar-refractivity contribution >= 4 is 21.7 Å². The number of anilines is 2. The Morgan fingerprint density at radius 3 is 2.68 bits per heavy atom. The highest BCUT2D eigenvalue weighted by Gasteiger charge is 2.14. The van der Waals surface area contributed by atoms with Gasteiger partial charge in [-0.3, -0.25) is 4.68 Å². The van der Waals surface area contributed by atoms with Crippen LogP contribution in [0.4, 0.5) is 11.6 Å². The first-order valence-corrected chi connectivity index (χ1v) is 9.00. The van der Waals surface area contributed by atoms with E-state index in [4.69, 9.17) is 0 Å². The van der Waals surface area contributed by atoms with E-state index in [1.807, 2.05) is 26.2 Å². The minimum Gasteiger partial charge on any atom is -0.321 e. The van der Waals surface area contributed by atoms with Gasteiger partial charge in [-0.05, 0) is 31.7 Å². The van der Waals surface area contributed by atoms with E-state index in [-0.39, 0.29) is 4.90 Å². The smallest absolute Gasteiger partial charge is 0.240 e. The number of nitrogens with one attached hydrogen (secondary N) is 2. The van der Waals surface area contributed by atoms with Crippen molar-refractivity contribution in [2.75, 3.05) is 12.4 Å². The molecule has 0 spiro atoms. The van der Waals surface area contributed by atoms with Crippen molar-refractivity contribution < 1.29 is 8.42 Å². The van der Waals surface area contributed by atoms with Crippen LogP contribution < -0.4 is 10.0 Å². The lowest BCUT2D eigenvalue weighted by Gasteiger charge is -2.10.